The van der Waals surface area contributed by atoms with Crippen LogP contribution >= 0.6 is 0 Å². The topological polar surface area (TPSA) is 52.7 Å². The van der Waals surface area contributed by atoms with Crippen LogP contribution in [0.1, 0.15) is 38.3 Å². The maximum Gasteiger partial charge on any atom is 0.247 e. The van der Waals surface area contributed by atoms with Crippen LogP contribution in [-0.2, 0) is 9.59 Å². The molecule has 5 nitrogen and oxygen atoms in total. The van der Waals surface area contributed by atoms with Gasteiger partial charge in [0.1, 0.15) is 11.9 Å². The molecule has 2 aliphatic rings. The molecule has 1 atom stereocenters. The molecule has 0 spiro atoms. The van der Waals surface area contributed by atoms with Crippen LogP contribution in [-0.4, -0.2) is 53.8 Å². The van der Waals surface area contributed by atoms with Gasteiger partial charge in [0.15, 0.2) is 0 Å². The van der Waals surface area contributed by atoms with Crippen LogP contribution in [0.5, 0.6) is 0 Å². The average Bonchev–Trinajstić information content (AvgIpc) is 2.61. The van der Waals surface area contributed by atoms with Crippen LogP contribution in [0, 0.1) is 11.7 Å². The van der Waals surface area contributed by atoms with Crippen molar-refractivity contribution < 1.29 is 14.0 Å². The van der Waals surface area contributed by atoms with Gasteiger partial charge in [-0.1, -0.05) is 12.1 Å². The Morgan fingerprint density at radius 2 is 1.96 bits per heavy atom. The van der Waals surface area contributed by atoms with Crippen molar-refractivity contribution in [2.45, 2.75) is 38.8 Å². The first-order valence-electron chi connectivity index (χ1n) is 9.05. The summed E-state index contributed by atoms with van der Waals surface area (Å²) in [4.78, 5) is 29.5. The molecule has 0 aliphatic carbocycles. The maximum atomic E-state index is 13.6. The monoisotopic (exact) mass is 347 g/mol. The highest BCUT2D eigenvalue weighted by atomic mass is 19.1. The summed E-state index contributed by atoms with van der Waals surface area (Å²) < 4.78 is 13.6. The van der Waals surface area contributed by atoms with Crippen molar-refractivity contribution in [3.63, 3.8) is 0 Å². The molecular weight excluding hydrogens is 321 g/mol. The number of amides is 2. The molecule has 2 aliphatic heterocycles. The minimum atomic E-state index is -0.736. The summed E-state index contributed by atoms with van der Waals surface area (Å²) in [7, 11) is 0. The number of benzene rings is 1. The van der Waals surface area contributed by atoms with Gasteiger partial charge in [0, 0.05) is 25.0 Å². The number of likely N-dealkylation sites (tertiary alicyclic amines) is 1. The third-order valence-electron chi connectivity index (χ3n) is 5.27. The molecule has 2 heterocycles. The Labute approximate surface area is 148 Å². The summed E-state index contributed by atoms with van der Waals surface area (Å²) in [5.74, 6) is -0.664. The Balaban J connectivity index is 1.76. The number of carbonyl (C=O) groups is 2. The number of piperidine rings is 1. The number of rotatable bonds is 3. The zero-order valence-electron chi connectivity index (χ0n) is 14.9. The first-order valence-corrected chi connectivity index (χ1v) is 9.05. The van der Waals surface area contributed by atoms with Crippen molar-refractivity contribution in [1.29, 1.82) is 0 Å². The summed E-state index contributed by atoms with van der Waals surface area (Å²) in [5, 5.41) is 2.80. The fraction of sp³-hybridized carbons (Fsp3) is 0.579. The van der Waals surface area contributed by atoms with E-state index < -0.39 is 11.9 Å². The quantitative estimate of drug-likeness (QED) is 0.909. The van der Waals surface area contributed by atoms with Crippen molar-refractivity contribution in [2.24, 2.45) is 5.92 Å². The molecule has 1 unspecified atom stereocenters. The van der Waals surface area contributed by atoms with Crippen LogP contribution in [0.4, 0.5) is 4.39 Å². The molecule has 25 heavy (non-hydrogen) atoms. The second kappa shape index (κ2) is 7.52. The molecule has 2 amide bonds. The lowest BCUT2D eigenvalue weighted by atomic mass is 9.92. The van der Waals surface area contributed by atoms with E-state index in [1.165, 1.54) is 12.1 Å². The number of carbonyl (C=O) groups excluding carboxylic acids is 2. The van der Waals surface area contributed by atoms with Gasteiger partial charge in [0.2, 0.25) is 11.8 Å². The molecule has 2 fully saturated rings. The summed E-state index contributed by atoms with van der Waals surface area (Å²) >= 11 is 0. The third kappa shape index (κ3) is 3.84. The van der Waals surface area contributed by atoms with Gasteiger partial charge in [-0.2, -0.15) is 0 Å². The van der Waals surface area contributed by atoms with Crippen molar-refractivity contribution in [2.75, 3.05) is 26.2 Å². The van der Waals surface area contributed by atoms with Crippen LogP contribution < -0.4 is 5.32 Å². The van der Waals surface area contributed by atoms with Gasteiger partial charge in [-0.05, 0) is 57.5 Å². The van der Waals surface area contributed by atoms with E-state index in [9.17, 15) is 14.0 Å². The predicted molar refractivity (Wildman–Crippen MR) is 93.3 cm³/mol. The van der Waals surface area contributed by atoms with E-state index in [2.05, 4.69) is 24.1 Å². The van der Waals surface area contributed by atoms with E-state index >= 15 is 0 Å². The SMILES string of the molecule is CC(C)N1CCC(C(=O)N2CCNC(=O)C2c2cccc(F)c2)CC1. The highest BCUT2D eigenvalue weighted by Gasteiger charge is 2.38. The van der Waals surface area contributed by atoms with Crippen LogP contribution in [0.25, 0.3) is 0 Å². The second-order valence-electron chi connectivity index (χ2n) is 7.18. The zero-order valence-corrected chi connectivity index (χ0v) is 14.9. The molecule has 0 bridgehead atoms. The largest absolute Gasteiger partial charge is 0.352 e. The Bertz CT molecular complexity index is 641. The van der Waals surface area contributed by atoms with Gasteiger partial charge >= 0.3 is 0 Å². The van der Waals surface area contributed by atoms with E-state index in [0.29, 0.717) is 24.7 Å². The molecule has 1 aromatic rings. The van der Waals surface area contributed by atoms with Crippen molar-refractivity contribution in [1.82, 2.24) is 15.1 Å². The van der Waals surface area contributed by atoms with E-state index in [4.69, 9.17) is 0 Å². The van der Waals surface area contributed by atoms with Gasteiger partial charge < -0.3 is 15.1 Å². The van der Waals surface area contributed by atoms with E-state index in [1.807, 2.05) is 0 Å². The molecule has 0 radical (unpaired) electrons. The van der Waals surface area contributed by atoms with E-state index in [0.717, 1.165) is 25.9 Å². The first kappa shape index (κ1) is 17.9. The van der Waals surface area contributed by atoms with E-state index in [-0.39, 0.29) is 17.7 Å². The molecule has 6 heteroatoms. The fourth-order valence-electron chi connectivity index (χ4n) is 3.81. The molecule has 0 saturated carbocycles. The molecule has 3 rings (SSSR count). The van der Waals surface area contributed by atoms with Gasteiger partial charge in [-0.3, -0.25) is 9.59 Å². The summed E-state index contributed by atoms with van der Waals surface area (Å²) in [6, 6.07) is 5.73. The predicted octanol–water partition coefficient (Wildman–Crippen LogP) is 1.95. The van der Waals surface area contributed by atoms with Crippen LogP contribution in [0.3, 0.4) is 0 Å². The highest BCUT2D eigenvalue weighted by molar-refractivity contribution is 5.90. The standard InChI is InChI=1S/C19H26FN3O2/c1-13(2)22-9-6-14(7-10-22)19(25)23-11-8-21-18(24)17(23)15-4-3-5-16(20)12-15/h3-5,12-14,17H,6-11H2,1-2H3,(H,21,24). The molecule has 136 valence electrons. The summed E-state index contributed by atoms with van der Waals surface area (Å²) in [6.07, 6.45) is 1.62. The summed E-state index contributed by atoms with van der Waals surface area (Å²) in [6.45, 7) is 7.04. The zero-order chi connectivity index (χ0) is 18.0. The Morgan fingerprint density at radius 1 is 1.24 bits per heavy atom. The van der Waals surface area contributed by atoms with Crippen molar-refractivity contribution in [3.8, 4) is 0 Å². The third-order valence-corrected chi connectivity index (χ3v) is 5.27. The van der Waals surface area contributed by atoms with Gasteiger partial charge in [-0.15, -0.1) is 0 Å². The van der Waals surface area contributed by atoms with Gasteiger partial charge in [-0.25, -0.2) is 4.39 Å². The number of piperazine rings is 1. The smallest absolute Gasteiger partial charge is 0.247 e. The fourth-order valence-corrected chi connectivity index (χ4v) is 3.81. The number of nitrogens with zero attached hydrogens (tertiary/aromatic N) is 2. The van der Waals surface area contributed by atoms with Crippen molar-refractivity contribution >= 4 is 11.8 Å². The minimum absolute atomic E-state index is 0.0208. The maximum absolute atomic E-state index is 13.6. The Kier molecular flexibility index (Phi) is 5.37. The minimum Gasteiger partial charge on any atom is -0.352 e. The Hall–Kier alpha value is -1.95. The molecule has 1 aromatic carbocycles. The molecular formula is C19H26FN3O2. The Morgan fingerprint density at radius 3 is 2.60 bits per heavy atom. The average molecular weight is 347 g/mol. The normalized spacial score (nSPS) is 23.0. The van der Waals surface area contributed by atoms with Crippen molar-refractivity contribution in [3.05, 3.63) is 35.6 Å². The number of hydrogen-bond acceptors (Lipinski definition) is 3. The van der Waals surface area contributed by atoms with Crippen LogP contribution in [0.2, 0.25) is 0 Å². The lowest BCUT2D eigenvalue weighted by Crippen LogP contribution is -2.54. The molecule has 1 N–H and O–H groups in total. The van der Waals surface area contributed by atoms with Crippen LogP contribution in [0.15, 0.2) is 24.3 Å². The lowest BCUT2D eigenvalue weighted by molar-refractivity contribution is -0.147. The second-order valence-corrected chi connectivity index (χ2v) is 7.18. The lowest BCUT2D eigenvalue weighted by Gasteiger charge is -2.40. The number of nitrogens with one attached hydrogen (secondary N) is 1. The van der Waals surface area contributed by atoms with E-state index in [1.54, 1.807) is 17.0 Å². The summed E-state index contributed by atoms with van der Waals surface area (Å²) in [5.41, 5.74) is 0.533. The number of hydrogen-bond donors (Lipinski definition) is 1. The molecule has 0 aromatic heterocycles. The highest BCUT2D eigenvalue weighted by Crippen LogP contribution is 2.29. The number of halogens is 1. The first-order chi connectivity index (χ1) is 12.0. The van der Waals surface area contributed by atoms with Gasteiger partial charge in [0.05, 0.1) is 0 Å². The molecule has 2 saturated heterocycles. The van der Waals surface area contributed by atoms with Gasteiger partial charge in [0.25, 0.3) is 0 Å².